The van der Waals surface area contributed by atoms with Crippen LogP contribution in [0.5, 0.6) is 0 Å². The van der Waals surface area contributed by atoms with E-state index in [1.807, 2.05) is 12.1 Å². The summed E-state index contributed by atoms with van der Waals surface area (Å²) in [6.07, 6.45) is 4.78. The van der Waals surface area contributed by atoms with Crippen molar-refractivity contribution in [2.75, 3.05) is 45.8 Å². The number of piperazine rings is 1. The lowest BCUT2D eigenvalue weighted by atomic mass is 10.3. The Morgan fingerprint density at radius 3 is 2.69 bits per heavy atom. The van der Waals surface area contributed by atoms with E-state index in [9.17, 15) is 4.79 Å². The van der Waals surface area contributed by atoms with Gasteiger partial charge in [-0.25, -0.2) is 0 Å². The number of nitrogens with zero attached hydrogens (tertiary/aromatic N) is 3. The zero-order valence-electron chi connectivity index (χ0n) is 15.4. The second-order valence-electron chi connectivity index (χ2n) is 6.67. The van der Waals surface area contributed by atoms with Gasteiger partial charge in [-0.3, -0.25) is 14.7 Å². The Hall–Kier alpha value is -1.29. The molecule has 146 valence electrons. The Labute approximate surface area is 172 Å². The van der Waals surface area contributed by atoms with Gasteiger partial charge in [0, 0.05) is 51.7 Å². The van der Waals surface area contributed by atoms with Crippen LogP contribution in [0.15, 0.2) is 27.8 Å². The molecule has 0 unspecified atom stereocenters. The van der Waals surface area contributed by atoms with Crippen LogP contribution in [-0.2, 0) is 11.2 Å². The van der Waals surface area contributed by atoms with Crippen molar-refractivity contribution < 1.29 is 9.21 Å². The molecule has 0 spiro atoms. The van der Waals surface area contributed by atoms with Gasteiger partial charge < -0.3 is 20.0 Å². The molecule has 0 bridgehead atoms. The highest BCUT2D eigenvalue weighted by molar-refractivity contribution is 14.0. The maximum absolute atomic E-state index is 11.9. The lowest BCUT2D eigenvalue weighted by molar-refractivity contribution is -0.122. The maximum Gasteiger partial charge on any atom is 0.234 e. The highest BCUT2D eigenvalue weighted by Crippen LogP contribution is 2.18. The normalized spacial score (nSPS) is 18.3. The first-order chi connectivity index (χ1) is 12.2. The minimum Gasteiger partial charge on any atom is -0.469 e. The van der Waals surface area contributed by atoms with Crippen LogP contribution in [-0.4, -0.2) is 73.5 Å². The van der Waals surface area contributed by atoms with Crippen molar-refractivity contribution >= 4 is 35.8 Å². The zero-order chi connectivity index (χ0) is 17.5. The van der Waals surface area contributed by atoms with Crippen molar-refractivity contribution in [1.29, 1.82) is 0 Å². The molecule has 8 heteroatoms. The van der Waals surface area contributed by atoms with Crippen LogP contribution in [0.2, 0.25) is 0 Å². The second kappa shape index (κ2) is 10.8. The van der Waals surface area contributed by atoms with E-state index in [0.717, 1.165) is 63.7 Å². The fraction of sp³-hybridized carbons (Fsp3) is 0.667. The Bertz CT molecular complexity index is 566. The summed E-state index contributed by atoms with van der Waals surface area (Å²) in [6, 6.07) is 4.33. The molecule has 1 aliphatic carbocycles. The largest absolute Gasteiger partial charge is 0.469 e. The Kier molecular flexibility index (Phi) is 8.70. The number of nitrogens with one attached hydrogen (secondary N) is 2. The third-order valence-corrected chi connectivity index (χ3v) is 4.52. The topological polar surface area (TPSA) is 73.1 Å². The highest BCUT2D eigenvalue weighted by atomic mass is 127. The predicted octanol–water partition coefficient (Wildman–Crippen LogP) is 1.30. The molecule has 2 heterocycles. The first-order valence-corrected chi connectivity index (χ1v) is 9.32. The van der Waals surface area contributed by atoms with Crippen molar-refractivity contribution in [3.8, 4) is 0 Å². The summed E-state index contributed by atoms with van der Waals surface area (Å²) in [6.45, 7) is 7.72. The molecule has 1 aromatic rings. The second-order valence-corrected chi connectivity index (χ2v) is 6.67. The average molecular weight is 475 g/mol. The van der Waals surface area contributed by atoms with Gasteiger partial charge in [-0.15, -0.1) is 24.0 Å². The van der Waals surface area contributed by atoms with Gasteiger partial charge >= 0.3 is 0 Å². The molecule has 0 aromatic carbocycles. The fourth-order valence-electron chi connectivity index (χ4n) is 2.97. The van der Waals surface area contributed by atoms with Crippen LogP contribution < -0.4 is 10.6 Å². The molecule has 2 N–H and O–H groups in total. The number of furan rings is 1. The van der Waals surface area contributed by atoms with Gasteiger partial charge in [-0.2, -0.15) is 0 Å². The van der Waals surface area contributed by atoms with E-state index in [1.54, 1.807) is 6.26 Å². The number of carbonyl (C=O) groups is 1. The number of hydrogen-bond acceptors (Lipinski definition) is 4. The van der Waals surface area contributed by atoms with Crippen molar-refractivity contribution in [1.82, 2.24) is 20.4 Å². The number of amides is 1. The van der Waals surface area contributed by atoms with Crippen molar-refractivity contribution in [3.63, 3.8) is 0 Å². The lowest BCUT2D eigenvalue weighted by Crippen LogP contribution is -2.54. The average Bonchev–Trinajstić information content (AvgIpc) is 3.26. The molecule has 2 aliphatic rings. The molecule has 7 nitrogen and oxygen atoms in total. The Balaban J connectivity index is 0.00000243. The van der Waals surface area contributed by atoms with Crippen LogP contribution in [0.3, 0.4) is 0 Å². The van der Waals surface area contributed by atoms with Crippen molar-refractivity contribution in [3.05, 3.63) is 24.2 Å². The van der Waals surface area contributed by atoms with Gasteiger partial charge in [0.15, 0.2) is 5.96 Å². The number of guanidine groups is 1. The molecule has 1 saturated carbocycles. The first kappa shape index (κ1) is 21.0. The van der Waals surface area contributed by atoms with Gasteiger partial charge in [-0.05, 0) is 31.9 Å². The summed E-state index contributed by atoms with van der Waals surface area (Å²) in [4.78, 5) is 21.1. The van der Waals surface area contributed by atoms with Gasteiger partial charge in [-0.1, -0.05) is 0 Å². The fourth-order valence-corrected chi connectivity index (χ4v) is 2.97. The smallest absolute Gasteiger partial charge is 0.234 e. The van der Waals surface area contributed by atoms with Crippen molar-refractivity contribution in [2.24, 2.45) is 4.99 Å². The van der Waals surface area contributed by atoms with E-state index in [2.05, 4.69) is 27.4 Å². The number of rotatable bonds is 7. The third-order valence-electron chi connectivity index (χ3n) is 4.52. The molecular weight excluding hydrogens is 445 g/mol. The van der Waals surface area contributed by atoms with Gasteiger partial charge in [0.1, 0.15) is 5.76 Å². The third kappa shape index (κ3) is 6.79. The van der Waals surface area contributed by atoms with Gasteiger partial charge in [0.2, 0.25) is 5.91 Å². The van der Waals surface area contributed by atoms with E-state index in [-0.39, 0.29) is 29.9 Å². The van der Waals surface area contributed by atoms with Crippen molar-refractivity contribution in [2.45, 2.75) is 32.2 Å². The molecule has 1 amide bonds. The summed E-state index contributed by atoms with van der Waals surface area (Å²) in [5.74, 6) is 2.08. The molecule has 1 aliphatic heterocycles. The highest BCUT2D eigenvalue weighted by Gasteiger charge is 2.25. The minimum atomic E-state index is 0. The van der Waals surface area contributed by atoms with E-state index in [1.165, 1.54) is 0 Å². The zero-order valence-corrected chi connectivity index (χ0v) is 17.8. The summed E-state index contributed by atoms with van der Waals surface area (Å²) in [5, 5.41) is 6.43. The van der Waals surface area contributed by atoms with Crippen LogP contribution in [0.1, 0.15) is 25.5 Å². The van der Waals surface area contributed by atoms with Crippen LogP contribution in [0.25, 0.3) is 0 Å². The lowest BCUT2D eigenvalue weighted by Gasteiger charge is -2.36. The summed E-state index contributed by atoms with van der Waals surface area (Å²) in [5.41, 5.74) is 0. The molecule has 0 atom stereocenters. The SMILES string of the molecule is CCNC(=NCCc1ccco1)N1CCN(CC(=O)NC2CC2)CC1.I. The monoisotopic (exact) mass is 475 g/mol. The molecule has 2 fully saturated rings. The predicted molar refractivity (Wildman–Crippen MR) is 113 cm³/mol. The quantitative estimate of drug-likeness (QED) is 0.354. The number of aliphatic imine (C=N–C) groups is 1. The van der Waals surface area contributed by atoms with Gasteiger partial charge in [0.05, 0.1) is 12.8 Å². The molecule has 1 saturated heterocycles. The number of carbonyl (C=O) groups excluding carboxylic acids is 1. The summed E-state index contributed by atoms with van der Waals surface area (Å²) in [7, 11) is 0. The Morgan fingerprint density at radius 2 is 2.08 bits per heavy atom. The van der Waals surface area contributed by atoms with E-state index < -0.39 is 0 Å². The maximum atomic E-state index is 11.9. The molecule has 0 radical (unpaired) electrons. The van der Waals surface area contributed by atoms with Crippen LogP contribution >= 0.6 is 24.0 Å². The standard InChI is InChI=1S/C18H29N5O2.HI/c1-2-19-18(20-8-7-16-4-3-13-25-16)23-11-9-22(10-12-23)14-17(24)21-15-5-6-15;/h3-4,13,15H,2,5-12,14H2,1H3,(H,19,20)(H,21,24);1H. The van der Waals surface area contributed by atoms with E-state index in [4.69, 9.17) is 9.41 Å². The molecule has 3 rings (SSSR count). The molecule has 1 aromatic heterocycles. The van der Waals surface area contributed by atoms with Crippen LogP contribution in [0, 0.1) is 0 Å². The summed E-state index contributed by atoms with van der Waals surface area (Å²) < 4.78 is 5.36. The Morgan fingerprint density at radius 1 is 1.31 bits per heavy atom. The van der Waals surface area contributed by atoms with Crippen LogP contribution in [0.4, 0.5) is 0 Å². The molecular formula is C18H30IN5O2. The van der Waals surface area contributed by atoms with E-state index in [0.29, 0.717) is 19.1 Å². The minimum absolute atomic E-state index is 0. The van der Waals surface area contributed by atoms with Gasteiger partial charge in [0.25, 0.3) is 0 Å². The summed E-state index contributed by atoms with van der Waals surface area (Å²) >= 11 is 0. The van der Waals surface area contributed by atoms with E-state index >= 15 is 0 Å². The number of halogens is 1. The number of hydrogen-bond donors (Lipinski definition) is 2. The molecule has 26 heavy (non-hydrogen) atoms. The first-order valence-electron chi connectivity index (χ1n) is 9.32.